The number of anilines is 1. The number of hydrogen-bond donors (Lipinski definition) is 1. The van der Waals surface area contributed by atoms with Crippen LogP contribution in [0, 0.1) is 0 Å². The first kappa shape index (κ1) is 17.7. The van der Waals surface area contributed by atoms with Gasteiger partial charge in [0.2, 0.25) is 5.91 Å². The van der Waals surface area contributed by atoms with Gasteiger partial charge in [0, 0.05) is 18.4 Å². The summed E-state index contributed by atoms with van der Waals surface area (Å²) < 4.78 is 1.99. The molecule has 3 aromatic rings. The second kappa shape index (κ2) is 7.92. The first-order valence-electron chi connectivity index (χ1n) is 9.14. The molecule has 0 radical (unpaired) electrons. The number of pyridine rings is 1. The van der Waals surface area contributed by atoms with Crippen molar-refractivity contribution in [3.05, 3.63) is 53.7 Å². The highest BCUT2D eigenvalue weighted by atomic mass is 32.2. The molecule has 0 spiro atoms. The fourth-order valence-electron chi connectivity index (χ4n) is 3.42. The lowest BCUT2D eigenvalue weighted by molar-refractivity contribution is -0.113. The summed E-state index contributed by atoms with van der Waals surface area (Å²) in [6, 6.07) is 11.9. The third kappa shape index (κ3) is 3.73. The molecule has 27 heavy (non-hydrogen) atoms. The van der Waals surface area contributed by atoms with Crippen LogP contribution in [0.15, 0.2) is 47.8 Å². The van der Waals surface area contributed by atoms with Crippen LogP contribution in [-0.4, -0.2) is 31.4 Å². The first-order valence-corrected chi connectivity index (χ1v) is 10.1. The number of aromatic nitrogens is 4. The summed E-state index contributed by atoms with van der Waals surface area (Å²) >= 11 is 1.40. The number of fused-ring (bicyclic) bond motifs is 1. The van der Waals surface area contributed by atoms with Crippen LogP contribution in [0.4, 0.5) is 5.69 Å². The Kier molecular flexibility index (Phi) is 5.20. The Balaban J connectivity index is 1.44. The summed E-state index contributed by atoms with van der Waals surface area (Å²) in [6.45, 7) is 2.75. The molecule has 1 amide bonds. The maximum atomic E-state index is 12.5. The van der Waals surface area contributed by atoms with Gasteiger partial charge >= 0.3 is 0 Å². The lowest BCUT2D eigenvalue weighted by Gasteiger charge is -2.10. The zero-order chi connectivity index (χ0) is 18.6. The minimum Gasteiger partial charge on any atom is -0.325 e. The van der Waals surface area contributed by atoms with Crippen molar-refractivity contribution in [2.24, 2.45) is 0 Å². The summed E-state index contributed by atoms with van der Waals surface area (Å²) in [5, 5.41) is 12.3. The fourth-order valence-corrected chi connectivity index (χ4v) is 4.22. The zero-order valence-electron chi connectivity index (χ0n) is 15.2. The summed E-state index contributed by atoms with van der Waals surface area (Å²) in [5.74, 6) is 0.997. The second-order valence-electron chi connectivity index (χ2n) is 6.40. The molecule has 138 valence electrons. The van der Waals surface area contributed by atoms with E-state index in [0.29, 0.717) is 5.75 Å². The van der Waals surface area contributed by atoms with Crippen molar-refractivity contribution in [3.8, 4) is 11.5 Å². The van der Waals surface area contributed by atoms with Crippen LogP contribution in [-0.2, 0) is 24.2 Å². The van der Waals surface area contributed by atoms with Gasteiger partial charge in [0.1, 0.15) is 5.69 Å². The van der Waals surface area contributed by atoms with E-state index in [1.165, 1.54) is 22.9 Å². The van der Waals surface area contributed by atoms with Gasteiger partial charge < -0.3 is 9.88 Å². The number of rotatable bonds is 6. The van der Waals surface area contributed by atoms with E-state index in [-0.39, 0.29) is 5.91 Å². The molecule has 2 aromatic heterocycles. The van der Waals surface area contributed by atoms with Crippen molar-refractivity contribution in [2.45, 2.75) is 37.9 Å². The Bertz CT molecular complexity index is 954. The van der Waals surface area contributed by atoms with E-state index in [1.807, 2.05) is 41.8 Å². The number of thioether (sulfide) groups is 1. The Morgan fingerprint density at radius 3 is 2.93 bits per heavy atom. The van der Waals surface area contributed by atoms with E-state index in [0.717, 1.165) is 48.2 Å². The quantitative estimate of drug-likeness (QED) is 0.663. The minimum absolute atomic E-state index is 0.0228. The van der Waals surface area contributed by atoms with Gasteiger partial charge in [-0.25, -0.2) is 0 Å². The number of hydrogen-bond acceptors (Lipinski definition) is 5. The number of amides is 1. The van der Waals surface area contributed by atoms with Crippen LogP contribution in [0.2, 0.25) is 0 Å². The van der Waals surface area contributed by atoms with Crippen molar-refractivity contribution in [2.75, 3.05) is 11.1 Å². The average Bonchev–Trinajstić information content (AvgIpc) is 3.34. The molecule has 1 aromatic carbocycles. The van der Waals surface area contributed by atoms with E-state index in [4.69, 9.17) is 0 Å². The van der Waals surface area contributed by atoms with Gasteiger partial charge in [0.25, 0.3) is 0 Å². The normalized spacial score (nSPS) is 12.8. The van der Waals surface area contributed by atoms with Gasteiger partial charge in [0.05, 0.1) is 5.75 Å². The van der Waals surface area contributed by atoms with Crippen molar-refractivity contribution in [3.63, 3.8) is 0 Å². The molecule has 1 aliphatic rings. The first-order chi connectivity index (χ1) is 13.3. The third-order valence-electron chi connectivity index (χ3n) is 4.68. The monoisotopic (exact) mass is 379 g/mol. The molecule has 0 atom stereocenters. The largest absolute Gasteiger partial charge is 0.325 e. The molecule has 0 saturated heterocycles. The van der Waals surface area contributed by atoms with Crippen molar-refractivity contribution < 1.29 is 4.79 Å². The van der Waals surface area contributed by atoms with Crippen LogP contribution in [0.25, 0.3) is 11.5 Å². The molecular weight excluding hydrogens is 358 g/mol. The number of benzene rings is 1. The van der Waals surface area contributed by atoms with Gasteiger partial charge in [-0.3, -0.25) is 9.78 Å². The number of nitrogens with zero attached hydrogens (tertiary/aromatic N) is 4. The summed E-state index contributed by atoms with van der Waals surface area (Å²) in [4.78, 5) is 16.8. The van der Waals surface area contributed by atoms with Crippen molar-refractivity contribution >= 4 is 23.4 Å². The van der Waals surface area contributed by atoms with Gasteiger partial charge in [-0.05, 0) is 55.5 Å². The number of aryl methyl sites for hydroxylation is 1. The molecule has 0 fully saturated rings. The highest BCUT2D eigenvalue weighted by Crippen LogP contribution is 2.29. The molecule has 0 unspecified atom stereocenters. The van der Waals surface area contributed by atoms with Crippen molar-refractivity contribution in [1.29, 1.82) is 0 Å². The van der Waals surface area contributed by atoms with Crippen molar-refractivity contribution in [1.82, 2.24) is 19.7 Å². The second-order valence-corrected chi connectivity index (χ2v) is 7.34. The van der Waals surface area contributed by atoms with E-state index in [2.05, 4.69) is 26.6 Å². The topological polar surface area (TPSA) is 72.7 Å². The number of nitrogens with one attached hydrogen (secondary N) is 1. The average molecular weight is 379 g/mol. The van der Waals surface area contributed by atoms with Crippen LogP contribution in [0.3, 0.4) is 0 Å². The highest BCUT2D eigenvalue weighted by molar-refractivity contribution is 7.99. The molecule has 2 heterocycles. The zero-order valence-corrected chi connectivity index (χ0v) is 16.0. The van der Waals surface area contributed by atoms with E-state index in [9.17, 15) is 4.79 Å². The molecule has 0 saturated carbocycles. The molecule has 0 bridgehead atoms. The highest BCUT2D eigenvalue weighted by Gasteiger charge is 2.18. The Hall–Kier alpha value is -2.67. The van der Waals surface area contributed by atoms with Gasteiger partial charge in [-0.2, -0.15) is 0 Å². The standard InChI is InChI=1S/C20H21N5OS/c1-2-25-19(17-10-3-4-12-21-17)23-24-20(25)27-13-18(26)22-16-11-6-8-14-7-5-9-15(14)16/h3-4,6,8,10-12H,2,5,7,9,13H2,1H3,(H,22,26). The molecule has 7 heteroatoms. The van der Waals surface area contributed by atoms with Crippen LogP contribution in [0.5, 0.6) is 0 Å². The van der Waals surface area contributed by atoms with Gasteiger partial charge in [0.15, 0.2) is 11.0 Å². The Morgan fingerprint density at radius 2 is 2.11 bits per heavy atom. The van der Waals surface area contributed by atoms with Crippen LogP contribution in [0.1, 0.15) is 24.5 Å². The third-order valence-corrected chi connectivity index (χ3v) is 5.65. The van der Waals surface area contributed by atoms with Gasteiger partial charge in [-0.15, -0.1) is 10.2 Å². The summed E-state index contributed by atoms with van der Waals surface area (Å²) in [6.07, 6.45) is 5.04. The molecular formula is C20H21N5OS. The minimum atomic E-state index is -0.0228. The summed E-state index contributed by atoms with van der Waals surface area (Å²) in [5.41, 5.74) is 4.36. The molecule has 1 aliphatic carbocycles. The van der Waals surface area contributed by atoms with E-state index in [1.54, 1.807) is 6.20 Å². The molecule has 6 nitrogen and oxygen atoms in total. The lowest BCUT2D eigenvalue weighted by atomic mass is 10.1. The number of carbonyl (C=O) groups excluding carboxylic acids is 1. The van der Waals surface area contributed by atoms with Gasteiger partial charge in [-0.1, -0.05) is 30.0 Å². The number of carbonyl (C=O) groups is 1. The lowest BCUT2D eigenvalue weighted by Crippen LogP contribution is -2.16. The Labute approximate surface area is 162 Å². The molecule has 4 rings (SSSR count). The Morgan fingerprint density at radius 1 is 1.19 bits per heavy atom. The van der Waals surface area contributed by atoms with E-state index >= 15 is 0 Å². The maximum Gasteiger partial charge on any atom is 0.234 e. The smallest absolute Gasteiger partial charge is 0.234 e. The molecule has 0 aliphatic heterocycles. The summed E-state index contributed by atoms with van der Waals surface area (Å²) in [7, 11) is 0. The predicted octanol–water partition coefficient (Wildman–Crippen LogP) is 3.58. The SMILES string of the molecule is CCn1c(SCC(=O)Nc2cccc3c2CCC3)nnc1-c1ccccn1. The molecule has 1 N–H and O–H groups in total. The van der Waals surface area contributed by atoms with Crippen LogP contribution >= 0.6 is 11.8 Å². The maximum absolute atomic E-state index is 12.5. The van der Waals surface area contributed by atoms with E-state index < -0.39 is 0 Å². The fraction of sp³-hybridized carbons (Fsp3) is 0.300. The van der Waals surface area contributed by atoms with Crippen LogP contribution < -0.4 is 5.32 Å². The predicted molar refractivity (Wildman–Crippen MR) is 107 cm³/mol.